The molecule has 8 nitrogen and oxygen atoms in total. The Hall–Kier alpha value is -4.98. The number of aryl methyl sites for hydroxylation is 1. The quantitative estimate of drug-likeness (QED) is 0.313. The van der Waals surface area contributed by atoms with Gasteiger partial charge in [0, 0.05) is 23.5 Å². The van der Waals surface area contributed by atoms with E-state index in [9.17, 15) is 4.79 Å². The number of anilines is 1. The lowest BCUT2D eigenvalue weighted by Gasteiger charge is -2.31. The third-order valence-corrected chi connectivity index (χ3v) is 7.30. The topological polar surface area (TPSA) is 73.6 Å². The summed E-state index contributed by atoms with van der Waals surface area (Å²) in [5, 5.41) is 8.14. The van der Waals surface area contributed by atoms with E-state index in [0.29, 0.717) is 23.7 Å². The summed E-state index contributed by atoms with van der Waals surface area (Å²) in [6.07, 6.45) is 2.80. The first-order valence-corrected chi connectivity index (χ1v) is 13.1. The fraction of sp³-hybridized carbons (Fsp3) is 0.161. The Morgan fingerprint density at radius 1 is 0.949 bits per heavy atom. The third-order valence-electron chi connectivity index (χ3n) is 7.30. The Kier molecular flexibility index (Phi) is 5.58. The molecule has 2 aliphatic rings. The van der Waals surface area contributed by atoms with Gasteiger partial charge in [0.15, 0.2) is 11.5 Å². The van der Waals surface area contributed by atoms with Crippen molar-refractivity contribution in [2.24, 2.45) is 0 Å². The van der Waals surface area contributed by atoms with Crippen LogP contribution < -0.4 is 14.8 Å². The minimum atomic E-state index is -0.323. The van der Waals surface area contributed by atoms with Crippen LogP contribution >= 0.6 is 0 Å². The largest absolute Gasteiger partial charge is 0.454 e. The predicted molar refractivity (Wildman–Crippen MR) is 148 cm³/mol. The van der Waals surface area contributed by atoms with Gasteiger partial charge in [-0.25, -0.2) is 9.48 Å². The van der Waals surface area contributed by atoms with E-state index in [2.05, 4.69) is 53.3 Å². The zero-order chi connectivity index (χ0) is 26.3. The Morgan fingerprint density at radius 3 is 2.51 bits per heavy atom. The number of para-hydroxylation sites is 1. The number of nitrogens with zero attached hydrogens (tertiary/aromatic N) is 4. The molecule has 8 heteroatoms. The molecule has 0 bridgehead atoms. The average Bonchev–Trinajstić information content (AvgIpc) is 3.70. The van der Waals surface area contributed by atoms with E-state index < -0.39 is 0 Å². The molecule has 39 heavy (non-hydrogen) atoms. The van der Waals surface area contributed by atoms with Crippen LogP contribution in [0.1, 0.15) is 35.5 Å². The van der Waals surface area contributed by atoms with Gasteiger partial charge < -0.3 is 24.3 Å². The summed E-state index contributed by atoms with van der Waals surface area (Å²) >= 11 is 0. The van der Waals surface area contributed by atoms with Crippen LogP contribution in [0, 0.1) is 0 Å². The summed E-state index contributed by atoms with van der Waals surface area (Å²) in [7, 11) is 0. The zero-order valence-corrected chi connectivity index (χ0v) is 21.4. The van der Waals surface area contributed by atoms with Crippen molar-refractivity contribution in [3.8, 4) is 23.0 Å². The molecule has 0 aliphatic carbocycles. The lowest BCUT2D eigenvalue weighted by Crippen LogP contribution is -2.38. The molecule has 7 rings (SSSR count). The molecule has 0 radical (unpaired) electrons. The molecule has 3 aromatic carbocycles. The van der Waals surface area contributed by atoms with Gasteiger partial charge in [-0.1, -0.05) is 55.5 Å². The van der Waals surface area contributed by atoms with Gasteiger partial charge in [0.25, 0.3) is 0 Å². The number of urea groups is 1. The Bertz CT molecular complexity index is 1660. The molecule has 5 aromatic rings. The number of ether oxygens (including phenoxy) is 2. The number of carbonyl (C=O) groups is 1. The van der Waals surface area contributed by atoms with Crippen molar-refractivity contribution in [3.63, 3.8) is 0 Å². The molecule has 0 saturated carbocycles. The summed E-state index contributed by atoms with van der Waals surface area (Å²) in [5.41, 5.74) is 5.62. The van der Waals surface area contributed by atoms with Crippen molar-refractivity contribution < 1.29 is 14.3 Å². The van der Waals surface area contributed by atoms with Crippen molar-refractivity contribution in [1.82, 2.24) is 19.2 Å². The van der Waals surface area contributed by atoms with Crippen molar-refractivity contribution in [2.75, 3.05) is 12.1 Å². The number of hydrogen-bond acceptors (Lipinski definition) is 4. The summed E-state index contributed by atoms with van der Waals surface area (Å²) in [4.78, 5) is 16.0. The van der Waals surface area contributed by atoms with E-state index in [1.165, 1.54) is 0 Å². The molecule has 0 fully saturated rings. The second-order valence-electron chi connectivity index (χ2n) is 9.59. The monoisotopic (exact) mass is 517 g/mol. The molecular weight excluding hydrogens is 490 g/mol. The van der Waals surface area contributed by atoms with Crippen molar-refractivity contribution in [1.29, 1.82) is 0 Å². The lowest BCUT2D eigenvalue weighted by molar-refractivity contribution is 0.174. The summed E-state index contributed by atoms with van der Waals surface area (Å²) < 4.78 is 15.2. The number of carbonyl (C=O) groups excluding carboxylic acids is 1. The van der Waals surface area contributed by atoms with E-state index in [4.69, 9.17) is 14.6 Å². The van der Waals surface area contributed by atoms with E-state index in [-0.39, 0.29) is 18.9 Å². The molecule has 2 aromatic heterocycles. The zero-order valence-electron chi connectivity index (χ0n) is 21.4. The maximum absolute atomic E-state index is 14.1. The van der Waals surface area contributed by atoms with E-state index in [0.717, 1.165) is 40.4 Å². The molecule has 194 valence electrons. The standard InChI is InChI=1S/C31H27N5O3/c1-2-25-24-19-35(31(37)32-22-15-16-27-28(18-22)39-20-38-27)29(21-10-5-3-6-11-21)26-14-9-17-34(26)30(24)36(33-25)23-12-7-4-8-13-23/h3-18,29H,2,19-20H2,1H3,(H,32,37)/t29-/m1/s1. The predicted octanol–water partition coefficient (Wildman–Crippen LogP) is 6.09. The minimum absolute atomic E-state index is 0.180. The first-order valence-electron chi connectivity index (χ1n) is 13.1. The van der Waals surface area contributed by atoms with Gasteiger partial charge in [-0.2, -0.15) is 5.10 Å². The molecule has 1 N–H and O–H groups in total. The highest BCUT2D eigenvalue weighted by Gasteiger charge is 2.36. The van der Waals surface area contributed by atoms with Crippen LogP contribution in [0.15, 0.2) is 97.2 Å². The van der Waals surface area contributed by atoms with Gasteiger partial charge in [-0.05, 0) is 48.4 Å². The Morgan fingerprint density at radius 2 is 1.72 bits per heavy atom. The molecule has 1 atom stereocenters. The smallest absolute Gasteiger partial charge is 0.322 e. The molecular formula is C31H27N5O3. The number of rotatable bonds is 4. The second kappa shape index (κ2) is 9.40. The van der Waals surface area contributed by atoms with Crippen molar-refractivity contribution in [3.05, 3.63) is 120 Å². The Balaban J connectivity index is 1.38. The van der Waals surface area contributed by atoms with Crippen LogP contribution in [-0.2, 0) is 13.0 Å². The lowest BCUT2D eigenvalue weighted by atomic mass is 10.0. The van der Waals surface area contributed by atoms with Gasteiger partial charge in [0.05, 0.1) is 29.7 Å². The number of fused-ring (bicyclic) bond motifs is 4. The van der Waals surface area contributed by atoms with Gasteiger partial charge in [0.1, 0.15) is 5.82 Å². The summed E-state index contributed by atoms with van der Waals surface area (Å²) in [5.74, 6) is 2.25. The van der Waals surface area contributed by atoms with Crippen LogP contribution in [0.25, 0.3) is 11.5 Å². The third kappa shape index (κ3) is 3.92. The van der Waals surface area contributed by atoms with Crippen LogP contribution in [0.2, 0.25) is 0 Å². The van der Waals surface area contributed by atoms with Gasteiger partial charge in [-0.3, -0.25) is 0 Å². The maximum Gasteiger partial charge on any atom is 0.322 e. The summed E-state index contributed by atoms with van der Waals surface area (Å²) in [6.45, 7) is 2.67. The van der Waals surface area contributed by atoms with Crippen LogP contribution in [0.3, 0.4) is 0 Å². The first-order chi connectivity index (χ1) is 19.2. The average molecular weight is 518 g/mol. The van der Waals surface area contributed by atoms with Gasteiger partial charge in [-0.15, -0.1) is 0 Å². The maximum atomic E-state index is 14.1. The highest BCUT2D eigenvalue weighted by Crippen LogP contribution is 2.39. The fourth-order valence-electron chi connectivity index (χ4n) is 5.50. The molecule has 0 spiro atoms. The molecule has 2 amide bonds. The number of benzene rings is 3. The van der Waals surface area contributed by atoms with E-state index >= 15 is 0 Å². The summed E-state index contributed by atoms with van der Waals surface area (Å²) in [6, 6.07) is 29.3. The van der Waals surface area contributed by atoms with Crippen molar-refractivity contribution in [2.45, 2.75) is 25.9 Å². The van der Waals surface area contributed by atoms with Crippen LogP contribution in [0.4, 0.5) is 10.5 Å². The first kappa shape index (κ1) is 23.2. The van der Waals surface area contributed by atoms with E-state index in [1.54, 1.807) is 6.07 Å². The SMILES string of the molecule is CCc1nn(-c2ccccc2)c2c1CN(C(=O)Nc1ccc3c(c1)OCO3)[C@H](c1ccccc1)c1cccn1-2. The molecule has 4 heterocycles. The highest BCUT2D eigenvalue weighted by molar-refractivity contribution is 5.90. The normalized spacial score (nSPS) is 15.4. The van der Waals surface area contributed by atoms with E-state index in [1.807, 2.05) is 64.2 Å². The number of hydrogen-bond donors (Lipinski definition) is 1. The molecule has 0 unspecified atom stereocenters. The molecule has 2 aliphatic heterocycles. The Labute approximate surface area is 226 Å². The minimum Gasteiger partial charge on any atom is -0.454 e. The number of aromatic nitrogens is 3. The van der Waals surface area contributed by atoms with Gasteiger partial charge in [0.2, 0.25) is 6.79 Å². The highest BCUT2D eigenvalue weighted by atomic mass is 16.7. The number of nitrogens with one attached hydrogen (secondary N) is 1. The fourth-order valence-corrected chi connectivity index (χ4v) is 5.50. The second-order valence-corrected chi connectivity index (χ2v) is 9.59. The number of amides is 2. The van der Waals surface area contributed by atoms with Crippen LogP contribution in [-0.4, -0.2) is 32.1 Å². The van der Waals surface area contributed by atoms with Crippen LogP contribution in [0.5, 0.6) is 11.5 Å². The van der Waals surface area contributed by atoms with Crippen molar-refractivity contribution >= 4 is 11.7 Å². The van der Waals surface area contributed by atoms with Gasteiger partial charge >= 0.3 is 6.03 Å². The molecule has 0 saturated heterocycles.